The molecule has 0 atom stereocenters. The number of amides is 1. The van der Waals surface area contributed by atoms with Crippen LogP contribution in [0.2, 0.25) is 0 Å². The zero-order chi connectivity index (χ0) is 5.70. The number of rotatable bonds is 2. The number of ether oxygens (including phenoxy) is 1. The first kappa shape index (κ1) is 9.66. The van der Waals surface area contributed by atoms with Crippen molar-refractivity contribution in [2.75, 3.05) is 13.7 Å². The van der Waals surface area contributed by atoms with Crippen molar-refractivity contribution in [1.29, 1.82) is 0 Å². The molecule has 0 rings (SSSR count). The number of nitrogens with one attached hydrogen (secondary N) is 1. The summed E-state index contributed by atoms with van der Waals surface area (Å²) in [5.41, 5.74) is 0. The van der Waals surface area contributed by atoms with E-state index in [9.17, 15) is 4.79 Å². The topological polar surface area (TPSA) is 38.3 Å². The molecular formula is C4H8NO2Rf-. The predicted octanol–water partition coefficient (Wildman–Crippen LogP) is -0.459. The summed E-state index contributed by atoms with van der Waals surface area (Å²) in [5.74, 6) is -0.157. The van der Waals surface area contributed by atoms with Crippen molar-refractivity contribution in [2.45, 2.75) is 0 Å². The van der Waals surface area contributed by atoms with E-state index in [4.69, 9.17) is 0 Å². The van der Waals surface area contributed by atoms with E-state index in [1.807, 2.05) is 0 Å². The summed E-state index contributed by atoms with van der Waals surface area (Å²) in [4.78, 5) is 10.1. The molecule has 44 valence electrons. The number of likely N-dealkylation sites (N-methyl/N-ethyl adjacent to an activating group) is 1. The summed E-state index contributed by atoms with van der Waals surface area (Å²) < 4.78 is 4.23. The van der Waals surface area contributed by atoms with E-state index in [2.05, 4.69) is 17.2 Å². The molecule has 0 aliphatic carbocycles. The van der Waals surface area contributed by atoms with Crippen LogP contribution < -0.4 is 5.32 Å². The minimum absolute atomic E-state index is 0. The van der Waals surface area contributed by atoms with Gasteiger partial charge in [-0.1, -0.05) is 0 Å². The maximum Gasteiger partial charge on any atom is 0.242 e. The van der Waals surface area contributed by atoms with Crippen molar-refractivity contribution in [2.24, 2.45) is 0 Å². The van der Waals surface area contributed by atoms with Crippen LogP contribution in [-0.4, -0.2) is 19.6 Å². The smallest absolute Gasteiger partial charge is 0.242 e. The summed E-state index contributed by atoms with van der Waals surface area (Å²) in [7, 11) is 4.56. The standard InChI is InChI=1S/C4H8NO2.Rf/c1-5-4(6)3-7-2;/h2-3H2,1H3,(H,5,6);/q-1;. The SMILES string of the molecule is [CH2-]OCC(=O)NC.[Rf]. The molecule has 0 saturated carbocycles. The van der Waals surface area contributed by atoms with Gasteiger partial charge in [-0.3, -0.25) is 4.79 Å². The average Bonchev–Trinajstić information content (AvgIpc) is 1.68. The normalized spacial score (nSPS) is 7.25. The van der Waals surface area contributed by atoms with Gasteiger partial charge in [0.2, 0.25) is 5.91 Å². The van der Waals surface area contributed by atoms with Crippen LogP contribution in [0.1, 0.15) is 0 Å². The molecular weight excluding hydrogens is 361 g/mol. The van der Waals surface area contributed by atoms with Gasteiger partial charge in [0.25, 0.3) is 0 Å². The third kappa shape index (κ3) is 4.43. The van der Waals surface area contributed by atoms with Gasteiger partial charge >= 0.3 is 0 Å². The molecule has 1 N–H and O–H groups in total. The fraction of sp³-hybridized carbons (Fsp3) is 0.500. The van der Waals surface area contributed by atoms with Gasteiger partial charge in [-0.2, -0.15) is 0 Å². The van der Waals surface area contributed by atoms with Crippen LogP contribution in [0.25, 0.3) is 0 Å². The maximum atomic E-state index is 10.1. The molecule has 0 unspecified atom stereocenters. The Morgan fingerprint density at radius 3 is 2.50 bits per heavy atom. The Morgan fingerprint density at radius 2 is 2.38 bits per heavy atom. The van der Waals surface area contributed by atoms with Crippen LogP contribution in [0, 0.1) is 7.11 Å². The molecule has 0 fully saturated rings. The number of hydrogen-bond donors (Lipinski definition) is 1. The zero-order valence-electron chi connectivity index (χ0n) is 4.94. The molecule has 0 aromatic carbocycles. The fourth-order valence-corrected chi connectivity index (χ4v) is 0.165. The van der Waals surface area contributed by atoms with E-state index in [0.717, 1.165) is 0 Å². The monoisotopic (exact) mass is 369 g/mol. The van der Waals surface area contributed by atoms with Crippen LogP contribution >= 0.6 is 0 Å². The summed E-state index contributed by atoms with van der Waals surface area (Å²) in [6.45, 7) is 0.0382. The first-order chi connectivity index (χ1) is 3.31. The molecule has 0 saturated heterocycles. The molecule has 8 heavy (non-hydrogen) atoms. The zero-order valence-corrected chi connectivity index (χ0v) is 11.3. The van der Waals surface area contributed by atoms with E-state index >= 15 is 0 Å². The van der Waals surface area contributed by atoms with Crippen molar-refractivity contribution in [1.82, 2.24) is 5.32 Å². The summed E-state index contributed by atoms with van der Waals surface area (Å²) in [6, 6.07) is 0. The first-order valence-corrected chi connectivity index (χ1v) is 1.89. The first-order valence-electron chi connectivity index (χ1n) is 1.89. The van der Waals surface area contributed by atoms with Gasteiger partial charge in [-0.15, -0.1) is 0 Å². The minimum Gasteiger partial charge on any atom is -0.548 e. The van der Waals surface area contributed by atoms with E-state index in [1.165, 1.54) is 0 Å². The van der Waals surface area contributed by atoms with E-state index in [1.54, 1.807) is 7.05 Å². The molecule has 0 aliphatic rings. The van der Waals surface area contributed by atoms with Gasteiger partial charge < -0.3 is 10.1 Å². The largest absolute Gasteiger partial charge is 0.548 e. The molecule has 0 heterocycles. The Morgan fingerprint density at radius 1 is 1.88 bits per heavy atom. The van der Waals surface area contributed by atoms with Crippen LogP contribution in [0.15, 0.2) is 0 Å². The molecule has 3 nitrogen and oxygen atoms in total. The summed E-state index contributed by atoms with van der Waals surface area (Å²) in [6.07, 6.45) is 0. The van der Waals surface area contributed by atoms with Crippen molar-refractivity contribution in [3.05, 3.63) is 7.11 Å². The van der Waals surface area contributed by atoms with Crippen molar-refractivity contribution >= 4 is 5.91 Å². The van der Waals surface area contributed by atoms with Gasteiger partial charge in [-0.05, 0) is 0 Å². The number of hydrogen-bond acceptors (Lipinski definition) is 2. The number of carbonyl (C=O) groups is 1. The molecule has 0 radical (unpaired) electrons. The van der Waals surface area contributed by atoms with Crippen LogP contribution in [-0.2, 0) is 9.53 Å². The predicted molar refractivity (Wildman–Crippen MR) is 25.4 cm³/mol. The molecule has 1 amide bonds. The van der Waals surface area contributed by atoms with Crippen molar-refractivity contribution < 1.29 is 9.53 Å². The Balaban J connectivity index is 0. The maximum absolute atomic E-state index is 10.1. The van der Waals surface area contributed by atoms with Gasteiger partial charge in [0.15, 0.2) is 0 Å². The summed E-state index contributed by atoms with van der Waals surface area (Å²) >= 11 is 0. The second-order valence-corrected chi connectivity index (χ2v) is 1.02. The second-order valence-electron chi connectivity index (χ2n) is 1.02. The molecule has 0 spiro atoms. The van der Waals surface area contributed by atoms with Gasteiger partial charge in [-0.25, -0.2) is 7.11 Å². The molecule has 4 heteroatoms. The number of carbonyl (C=O) groups excluding carboxylic acids is 1. The summed E-state index contributed by atoms with van der Waals surface area (Å²) in [5, 5.41) is 2.36. The third-order valence-electron chi connectivity index (χ3n) is 0.512. The van der Waals surface area contributed by atoms with Crippen LogP contribution in [0.3, 0.4) is 0 Å². The molecule has 0 aromatic rings. The Labute approximate surface area is 42.7 Å². The van der Waals surface area contributed by atoms with E-state index in [0.29, 0.717) is 0 Å². The Kier molecular flexibility index (Phi) is 6.56. The van der Waals surface area contributed by atoms with Crippen molar-refractivity contribution in [3.8, 4) is 0 Å². The average molecular weight is 369 g/mol. The molecule has 0 bridgehead atoms. The third-order valence-corrected chi connectivity index (χ3v) is 0.512. The van der Waals surface area contributed by atoms with Gasteiger partial charge in [0.05, 0.1) is 6.61 Å². The van der Waals surface area contributed by atoms with Crippen molar-refractivity contribution in [3.63, 3.8) is 0 Å². The Hall–Kier alpha value is -1.57. The van der Waals surface area contributed by atoms with Crippen LogP contribution in [0.4, 0.5) is 0 Å². The van der Waals surface area contributed by atoms with E-state index in [-0.39, 0.29) is 12.5 Å². The van der Waals surface area contributed by atoms with Gasteiger partial charge in [0, 0.05) is 7.05 Å². The minimum atomic E-state index is -0.157. The van der Waals surface area contributed by atoms with Crippen LogP contribution in [0.5, 0.6) is 0 Å². The molecule has 0 aromatic heterocycles. The van der Waals surface area contributed by atoms with Gasteiger partial charge in [0.1, 0.15) is 0 Å². The quantitative estimate of drug-likeness (QED) is 0.670. The van der Waals surface area contributed by atoms with E-state index < -0.39 is 0 Å². The fourth-order valence-electron chi connectivity index (χ4n) is 0.165. The Bertz CT molecular complexity index is 67.1. The molecule has 0 aliphatic heterocycles. The second kappa shape index (κ2) is 5.43.